The average molecular weight is 385 g/mol. The minimum Gasteiger partial charge on any atom is -0.494 e. The van der Waals surface area contributed by atoms with Gasteiger partial charge >= 0.3 is 0 Å². The van der Waals surface area contributed by atoms with E-state index in [-0.39, 0.29) is 0 Å². The van der Waals surface area contributed by atoms with Crippen LogP contribution in [0.15, 0.2) is 55.1 Å². The highest BCUT2D eigenvalue weighted by Gasteiger charge is 2.16. The second-order valence-corrected chi connectivity index (χ2v) is 6.67. The van der Waals surface area contributed by atoms with Crippen LogP contribution in [-0.2, 0) is 0 Å². The van der Waals surface area contributed by atoms with Crippen LogP contribution >= 0.6 is 0 Å². The van der Waals surface area contributed by atoms with Crippen molar-refractivity contribution < 1.29 is 4.74 Å². The molecule has 5 rings (SSSR count). The van der Waals surface area contributed by atoms with Crippen LogP contribution in [0.4, 0.5) is 5.69 Å². The lowest BCUT2D eigenvalue weighted by atomic mass is 10.1. The van der Waals surface area contributed by atoms with E-state index in [0.29, 0.717) is 0 Å². The molecule has 4 heterocycles. The summed E-state index contributed by atoms with van der Waals surface area (Å²) >= 11 is 0. The van der Waals surface area contributed by atoms with E-state index in [9.17, 15) is 0 Å². The van der Waals surface area contributed by atoms with Crippen LogP contribution in [0.1, 0.15) is 5.69 Å². The SMILES string of the molecule is CNc1ccc(-n2nc(C)c3cnc(-c4cnn5cccnc45)cc32)c(OC)c1. The van der Waals surface area contributed by atoms with Crippen molar-refractivity contribution in [1.29, 1.82) is 0 Å². The average Bonchev–Trinajstić information content (AvgIpc) is 3.34. The van der Waals surface area contributed by atoms with Gasteiger partial charge < -0.3 is 10.1 Å². The number of pyridine rings is 1. The molecule has 0 bridgehead atoms. The standard InChI is InChI=1S/C21H19N7O/c1-13-15-11-24-17(16-12-25-27-8-4-7-23-21(16)27)10-19(15)28(26-13)18-6-5-14(22-2)9-20(18)29-3/h4-12,22H,1-3H3. The van der Waals surface area contributed by atoms with E-state index in [1.54, 1.807) is 24.0 Å². The Morgan fingerprint density at radius 2 is 2.00 bits per heavy atom. The topological polar surface area (TPSA) is 82.2 Å². The minimum absolute atomic E-state index is 0.734. The number of anilines is 1. The van der Waals surface area contributed by atoms with Crippen molar-refractivity contribution in [1.82, 2.24) is 29.4 Å². The highest BCUT2D eigenvalue weighted by atomic mass is 16.5. The largest absolute Gasteiger partial charge is 0.494 e. The van der Waals surface area contributed by atoms with Gasteiger partial charge in [-0.1, -0.05) is 0 Å². The number of aromatic nitrogens is 6. The van der Waals surface area contributed by atoms with E-state index in [2.05, 4.69) is 20.4 Å². The maximum atomic E-state index is 5.62. The number of nitrogens with zero attached hydrogens (tertiary/aromatic N) is 6. The van der Waals surface area contributed by atoms with Crippen molar-refractivity contribution in [3.8, 4) is 22.7 Å². The van der Waals surface area contributed by atoms with E-state index in [1.807, 2.05) is 61.4 Å². The van der Waals surface area contributed by atoms with Gasteiger partial charge in [0, 0.05) is 42.8 Å². The zero-order valence-corrected chi connectivity index (χ0v) is 16.3. The second kappa shape index (κ2) is 6.59. The van der Waals surface area contributed by atoms with Gasteiger partial charge in [-0.15, -0.1) is 0 Å². The summed E-state index contributed by atoms with van der Waals surface area (Å²) in [4.78, 5) is 9.09. The van der Waals surface area contributed by atoms with E-state index < -0.39 is 0 Å². The van der Waals surface area contributed by atoms with E-state index in [1.165, 1.54) is 0 Å². The van der Waals surface area contributed by atoms with Crippen LogP contribution in [-0.4, -0.2) is 43.5 Å². The fourth-order valence-corrected chi connectivity index (χ4v) is 3.50. The van der Waals surface area contributed by atoms with Gasteiger partial charge in [-0.3, -0.25) is 4.98 Å². The summed E-state index contributed by atoms with van der Waals surface area (Å²) in [6, 6.07) is 9.81. The van der Waals surface area contributed by atoms with Gasteiger partial charge in [-0.25, -0.2) is 14.2 Å². The molecule has 0 saturated carbocycles. The Morgan fingerprint density at radius 1 is 1.10 bits per heavy atom. The molecule has 1 N–H and O–H groups in total. The Kier molecular flexibility index (Phi) is 3.90. The highest BCUT2D eigenvalue weighted by Crippen LogP contribution is 2.32. The van der Waals surface area contributed by atoms with Crippen LogP contribution in [0, 0.1) is 6.92 Å². The lowest BCUT2D eigenvalue weighted by Gasteiger charge is -2.12. The Hall–Kier alpha value is -3.94. The molecule has 5 aromatic rings. The van der Waals surface area contributed by atoms with Crippen molar-refractivity contribution in [2.45, 2.75) is 6.92 Å². The lowest BCUT2D eigenvalue weighted by molar-refractivity contribution is 0.412. The molecule has 0 aliphatic rings. The molecule has 0 radical (unpaired) electrons. The predicted molar refractivity (Wildman–Crippen MR) is 112 cm³/mol. The Labute approximate surface area is 166 Å². The van der Waals surface area contributed by atoms with Crippen LogP contribution in [0.2, 0.25) is 0 Å². The Bertz CT molecular complexity index is 1350. The first-order valence-corrected chi connectivity index (χ1v) is 9.20. The molecule has 0 spiro atoms. The smallest absolute Gasteiger partial charge is 0.164 e. The summed E-state index contributed by atoms with van der Waals surface area (Å²) in [6.07, 6.45) is 7.26. The molecule has 8 nitrogen and oxygen atoms in total. The molecule has 8 heteroatoms. The number of rotatable bonds is 4. The minimum atomic E-state index is 0.734. The van der Waals surface area contributed by atoms with Gasteiger partial charge in [-0.05, 0) is 31.2 Å². The molecule has 4 aromatic heterocycles. The third kappa shape index (κ3) is 2.68. The first kappa shape index (κ1) is 17.2. The molecule has 0 unspecified atom stereocenters. The summed E-state index contributed by atoms with van der Waals surface area (Å²) in [6.45, 7) is 1.98. The van der Waals surface area contributed by atoms with Gasteiger partial charge in [0.2, 0.25) is 0 Å². The number of nitrogens with one attached hydrogen (secondary N) is 1. The number of hydrogen-bond acceptors (Lipinski definition) is 6. The molecule has 0 fully saturated rings. The summed E-state index contributed by atoms with van der Waals surface area (Å²) in [7, 11) is 3.54. The molecular formula is C21H19N7O. The lowest BCUT2D eigenvalue weighted by Crippen LogP contribution is -2.01. The number of benzene rings is 1. The third-order valence-corrected chi connectivity index (χ3v) is 5.00. The van der Waals surface area contributed by atoms with Crippen LogP contribution in [0.25, 0.3) is 33.5 Å². The van der Waals surface area contributed by atoms with E-state index in [0.717, 1.165) is 50.6 Å². The number of ether oxygens (including phenoxy) is 1. The predicted octanol–water partition coefficient (Wildman–Crippen LogP) is 3.49. The third-order valence-electron chi connectivity index (χ3n) is 5.00. The molecule has 1 aromatic carbocycles. The zero-order chi connectivity index (χ0) is 20.0. The van der Waals surface area contributed by atoms with Gasteiger partial charge in [0.15, 0.2) is 5.65 Å². The normalized spacial score (nSPS) is 11.3. The van der Waals surface area contributed by atoms with Crippen molar-refractivity contribution in [3.63, 3.8) is 0 Å². The number of aryl methyl sites for hydroxylation is 1. The number of methoxy groups -OCH3 is 1. The summed E-state index contributed by atoms with van der Waals surface area (Å²) in [5.74, 6) is 0.734. The maximum absolute atomic E-state index is 5.62. The molecule has 144 valence electrons. The second-order valence-electron chi connectivity index (χ2n) is 6.67. The highest BCUT2D eigenvalue weighted by molar-refractivity contribution is 5.88. The van der Waals surface area contributed by atoms with Crippen LogP contribution in [0.5, 0.6) is 5.75 Å². The quantitative estimate of drug-likeness (QED) is 0.510. The van der Waals surface area contributed by atoms with Crippen molar-refractivity contribution in [3.05, 3.63) is 60.8 Å². The van der Waals surface area contributed by atoms with Gasteiger partial charge in [0.05, 0.1) is 35.8 Å². The zero-order valence-electron chi connectivity index (χ0n) is 16.3. The molecule has 0 atom stereocenters. The molecule has 0 aliphatic heterocycles. The summed E-state index contributed by atoms with van der Waals surface area (Å²) in [5.41, 5.74) is 6.10. The van der Waals surface area contributed by atoms with Crippen molar-refractivity contribution >= 4 is 22.2 Å². The number of fused-ring (bicyclic) bond motifs is 2. The fourth-order valence-electron chi connectivity index (χ4n) is 3.50. The number of hydrogen-bond donors (Lipinski definition) is 1. The Balaban J connectivity index is 1.73. The first-order valence-electron chi connectivity index (χ1n) is 9.20. The fraction of sp³-hybridized carbons (Fsp3) is 0.143. The van der Waals surface area contributed by atoms with Crippen LogP contribution < -0.4 is 10.1 Å². The van der Waals surface area contributed by atoms with Crippen LogP contribution in [0.3, 0.4) is 0 Å². The van der Waals surface area contributed by atoms with Gasteiger partial charge in [0.1, 0.15) is 11.4 Å². The monoisotopic (exact) mass is 385 g/mol. The van der Waals surface area contributed by atoms with E-state index >= 15 is 0 Å². The summed E-state index contributed by atoms with van der Waals surface area (Å²) in [5, 5.41) is 13.2. The van der Waals surface area contributed by atoms with E-state index in [4.69, 9.17) is 9.84 Å². The molecule has 0 saturated heterocycles. The molecule has 0 aliphatic carbocycles. The van der Waals surface area contributed by atoms with Crippen molar-refractivity contribution in [2.24, 2.45) is 0 Å². The Morgan fingerprint density at radius 3 is 2.83 bits per heavy atom. The first-order chi connectivity index (χ1) is 14.2. The van der Waals surface area contributed by atoms with Gasteiger partial charge in [-0.2, -0.15) is 10.2 Å². The summed E-state index contributed by atoms with van der Waals surface area (Å²) < 4.78 is 9.26. The molecule has 29 heavy (non-hydrogen) atoms. The maximum Gasteiger partial charge on any atom is 0.164 e. The van der Waals surface area contributed by atoms with Gasteiger partial charge in [0.25, 0.3) is 0 Å². The molecule has 0 amide bonds. The molecular weight excluding hydrogens is 366 g/mol. The van der Waals surface area contributed by atoms with Crippen molar-refractivity contribution in [2.75, 3.05) is 19.5 Å².